The van der Waals surface area contributed by atoms with Crippen LogP contribution < -0.4 is 10.2 Å². The third-order valence-corrected chi connectivity index (χ3v) is 7.12. The second-order valence-corrected chi connectivity index (χ2v) is 9.18. The molecule has 1 N–H and O–H groups in total. The molecule has 0 spiro atoms. The maximum Gasteiger partial charge on any atom is 0.223 e. The fraction of sp³-hybridized carbons (Fsp3) is 0.296. The molecule has 2 aliphatic rings. The third kappa shape index (κ3) is 3.81. The molecule has 1 amide bonds. The predicted molar refractivity (Wildman–Crippen MR) is 129 cm³/mol. The van der Waals surface area contributed by atoms with Gasteiger partial charge in [0.1, 0.15) is 11.3 Å². The number of hydrogen-bond donors (Lipinski definition) is 1. The molecule has 1 fully saturated rings. The fourth-order valence-electron chi connectivity index (χ4n) is 5.26. The van der Waals surface area contributed by atoms with Crippen LogP contribution in [0.4, 0.5) is 10.2 Å². The van der Waals surface area contributed by atoms with E-state index in [1.54, 1.807) is 18.3 Å². The topological polar surface area (TPSA) is 62.5 Å². The molecular weight excluding hydrogens is 429 g/mol. The van der Waals surface area contributed by atoms with Gasteiger partial charge in [-0.1, -0.05) is 24.3 Å². The van der Waals surface area contributed by atoms with Crippen LogP contribution in [0, 0.1) is 11.7 Å². The Bertz CT molecular complexity index is 1340. The predicted octanol–water partition coefficient (Wildman–Crippen LogP) is 4.56. The molecule has 4 aromatic rings. The summed E-state index contributed by atoms with van der Waals surface area (Å²) in [7, 11) is 0. The van der Waals surface area contributed by atoms with Crippen LogP contribution in [0.2, 0.25) is 0 Å². The second kappa shape index (κ2) is 8.56. The molecule has 2 aromatic carbocycles. The number of carbonyl (C=O) groups is 1. The number of nitrogens with one attached hydrogen (secondary N) is 1. The first kappa shape index (κ1) is 20.8. The molecule has 6 nitrogen and oxygen atoms in total. The molecule has 2 aromatic heterocycles. The van der Waals surface area contributed by atoms with Crippen molar-refractivity contribution in [2.24, 2.45) is 5.92 Å². The summed E-state index contributed by atoms with van der Waals surface area (Å²) in [6.07, 6.45) is 7.17. The number of benzene rings is 2. The molecule has 0 bridgehead atoms. The third-order valence-electron chi connectivity index (χ3n) is 7.12. The monoisotopic (exact) mass is 455 g/mol. The zero-order valence-electron chi connectivity index (χ0n) is 18.8. The van der Waals surface area contributed by atoms with Gasteiger partial charge in [0.2, 0.25) is 5.91 Å². The Morgan fingerprint density at radius 1 is 1.03 bits per heavy atom. The quantitative estimate of drug-likeness (QED) is 0.490. The van der Waals surface area contributed by atoms with Gasteiger partial charge in [-0.3, -0.25) is 4.79 Å². The van der Waals surface area contributed by atoms with Crippen molar-refractivity contribution in [1.82, 2.24) is 19.9 Å². The van der Waals surface area contributed by atoms with Gasteiger partial charge in [-0.15, -0.1) is 0 Å². The van der Waals surface area contributed by atoms with E-state index in [9.17, 15) is 9.18 Å². The van der Waals surface area contributed by atoms with Crippen molar-refractivity contribution in [3.8, 4) is 11.3 Å². The molecule has 1 aliphatic heterocycles. The fourth-order valence-corrected chi connectivity index (χ4v) is 5.26. The van der Waals surface area contributed by atoms with Crippen LogP contribution in [0.1, 0.15) is 36.4 Å². The summed E-state index contributed by atoms with van der Waals surface area (Å²) < 4.78 is 15.1. The smallest absolute Gasteiger partial charge is 0.223 e. The van der Waals surface area contributed by atoms with E-state index in [0.717, 1.165) is 61.4 Å². The number of anilines is 1. The lowest BCUT2D eigenvalue weighted by molar-refractivity contribution is -0.126. The van der Waals surface area contributed by atoms with Gasteiger partial charge in [0.15, 0.2) is 5.82 Å². The Balaban J connectivity index is 1.15. The average Bonchev–Trinajstić information content (AvgIpc) is 3.49. The molecule has 6 rings (SSSR count). The summed E-state index contributed by atoms with van der Waals surface area (Å²) in [6, 6.07) is 16.9. The minimum absolute atomic E-state index is 0.0171. The molecule has 3 heterocycles. The highest BCUT2D eigenvalue weighted by Gasteiger charge is 2.30. The first-order chi connectivity index (χ1) is 16.7. The Labute approximate surface area is 197 Å². The van der Waals surface area contributed by atoms with Gasteiger partial charge in [-0.05, 0) is 67.1 Å². The van der Waals surface area contributed by atoms with Crippen LogP contribution >= 0.6 is 0 Å². The summed E-state index contributed by atoms with van der Waals surface area (Å²) in [6.45, 7) is 1.53. The standard InChI is InChI=1S/C27H26FN5O/c28-21-8-5-19(6-9-21)24-17-25-26(29-13-16-33(25)31-24)32-14-11-20(12-15-32)27(34)30-23-10-7-18-3-1-2-4-22(18)23/h1-6,8-9,13,16-17,20,23H,7,10-12,14-15H2,(H,30,34)/t23-/m1/s1. The Morgan fingerprint density at radius 2 is 1.82 bits per heavy atom. The zero-order chi connectivity index (χ0) is 23.1. The minimum Gasteiger partial charge on any atom is -0.355 e. The Kier molecular flexibility index (Phi) is 5.24. The van der Waals surface area contributed by atoms with Crippen molar-refractivity contribution in [3.63, 3.8) is 0 Å². The molecule has 7 heteroatoms. The van der Waals surface area contributed by atoms with Crippen LogP contribution in [0.5, 0.6) is 0 Å². The molecule has 172 valence electrons. The van der Waals surface area contributed by atoms with Gasteiger partial charge in [0, 0.05) is 37.0 Å². The van der Waals surface area contributed by atoms with E-state index in [1.165, 1.54) is 23.3 Å². The lowest BCUT2D eigenvalue weighted by Crippen LogP contribution is -2.41. The van der Waals surface area contributed by atoms with Gasteiger partial charge in [-0.2, -0.15) is 5.10 Å². The van der Waals surface area contributed by atoms with Gasteiger partial charge in [0.05, 0.1) is 11.7 Å². The van der Waals surface area contributed by atoms with E-state index < -0.39 is 0 Å². The average molecular weight is 456 g/mol. The second-order valence-electron chi connectivity index (χ2n) is 9.18. The minimum atomic E-state index is -0.265. The van der Waals surface area contributed by atoms with Crippen molar-refractivity contribution in [3.05, 3.63) is 83.9 Å². The number of nitrogens with zero attached hydrogens (tertiary/aromatic N) is 4. The van der Waals surface area contributed by atoms with Crippen LogP contribution in [0.15, 0.2) is 67.0 Å². The van der Waals surface area contributed by atoms with Gasteiger partial charge < -0.3 is 10.2 Å². The Morgan fingerprint density at radius 3 is 2.65 bits per heavy atom. The normalized spacial score (nSPS) is 18.3. The lowest BCUT2D eigenvalue weighted by atomic mass is 9.95. The van der Waals surface area contributed by atoms with Crippen molar-refractivity contribution >= 4 is 17.2 Å². The van der Waals surface area contributed by atoms with Gasteiger partial charge in [-0.25, -0.2) is 13.9 Å². The zero-order valence-corrected chi connectivity index (χ0v) is 18.8. The van der Waals surface area contributed by atoms with Crippen LogP contribution in [-0.2, 0) is 11.2 Å². The van der Waals surface area contributed by atoms with E-state index in [4.69, 9.17) is 0 Å². The van der Waals surface area contributed by atoms with E-state index in [0.29, 0.717) is 0 Å². The molecule has 1 aliphatic carbocycles. The van der Waals surface area contributed by atoms with Crippen molar-refractivity contribution < 1.29 is 9.18 Å². The maximum absolute atomic E-state index is 13.3. The van der Waals surface area contributed by atoms with E-state index in [2.05, 4.69) is 38.5 Å². The maximum atomic E-state index is 13.3. The first-order valence-electron chi connectivity index (χ1n) is 11.9. The molecule has 0 saturated carbocycles. The number of fused-ring (bicyclic) bond motifs is 2. The summed E-state index contributed by atoms with van der Waals surface area (Å²) in [4.78, 5) is 19.9. The lowest BCUT2D eigenvalue weighted by Gasteiger charge is -2.33. The van der Waals surface area contributed by atoms with E-state index >= 15 is 0 Å². The van der Waals surface area contributed by atoms with Crippen LogP contribution in [-0.4, -0.2) is 33.6 Å². The van der Waals surface area contributed by atoms with Crippen molar-refractivity contribution in [2.75, 3.05) is 18.0 Å². The number of carbonyl (C=O) groups excluding carboxylic acids is 1. The highest BCUT2D eigenvalue weighted by atomic mass is 19.1. The number of halogens is 1. The van der Waals surface area contributed by atoms with Gasteiger partial charge >= 0.3 is 0 Å². The molecule has 0 radical (unpaired) electrons. The summed E-state index contributed by atoms with van der Waals surface area (Å²) in [5.74, 6) is 0.782. The SMILES string of the molecule is O=C(N[C@@H]1CCc2ccccc21)C1CCN(c2nccn3nc(-c4ccc(F)cc4)cc23)CC1. The summed E-state index contributed by atoms with van der Waals surface area (Å²) in [5.41, 5.74) is 5.16. The van der Waals surface area contributed by atoms with E-state index in [1.807, 2.05) is 22.8 Å². The number of piperidine rings is 1. The molecule has 34 heavy (non-hydrogen) atoms. The Hall–Kier alpha value is -3.74. The first-order valence-corrected chi connectivity index (χ1v) is 11.9. The molecular formula is C27H26FN5O. The number of aromatic nitrogens is 3. The number of rotatable bonds is 4. The molecule has 0 unspecified atom stereocenters. The van der Waals surface area contributed by atoms with Crippen molar-refractivity contribution in [1.29, 1.82) is 0 Å². The van der Waals surface area contributed by atoms with Gasteiger partial charge in [0.25, 0.3) is 0 Å². The van der Waals surface area contributed by atoms with E-state index in [-0.39, 0.29) is 23.7 Å². The highest BCUT2D eigenvalue weighted by Crippen LogP contribution is 2.32. The van der Waals surface area contributed by atoms with Crippen LogP contribution in [0.3, 0.4) is 0 Å². The number of aryl methyl sites for hydroxylation is 1. The number of amides is 1. The highest BCUT2D eigenvalue weighted by molar-refractivity contribution is 5.80. The molecule has 1 saturated heterocycles. The summed E-state index contributed by atoms with van der Waals surface area (Å²) in [5, 5.41) is 7.95. The largest absolute Gasteiger partial charge is 0.355 e. The van der Waals surface area contributed by atoms with Crippen LogP contribution in [0.25, 0.3) is 16.8 Å². The molecule has 1 atom stereocenters. The number of hydrogen-bond acceptors (Lipinski definition) is 4. The summed E-state index contributed by atoms with van der Waals surface area (Å²) >= 11 is 0. The van der Waals surface area contributed by atoms with Crippen molar-refractivity contribution in [2.45, 2.75) is 31.7 Å².